The summed E-state index contributed by atoms with van der Waals surface area (Å²) in [5.74, 6) is -0.395. The van der Waals surface area contributed by atoms with E-state index in [2.05, 4.69) is 10.8 Å². The average molecular weight is 234 g/mol. The van der Waals surface area contributed by atoms with Crippen molar-refractivity contribution in [3.05, 3.63) is 12.2 Å². The molecule has 0 N–H and O–H groups in total. The molecule has 86 valence electrons. The molecule has 0 bridgehead atoms. The van der Waals surface area contributed by atoms with Crippen molar-refractivity contribution in [1.82, 2.24) is 0 Å². The zero-order valence-corrected chi connectivity index (χ0v) is 9.59. The molecule has 0 amide bonds. The summed E-state index contributed by atoms with van der Waals surface area (Å²) >= 11 is 0. The monoisotopic (exact) mass is 234 g/mol. The summed E-state index contributed by atoms with van der Waals surface area (Å²) in [5, 5.41) is 0. The number of ether oxygens (including phenoxy) is 1. The molecule has 1 atom stereocenters. The number of rotatable bonds is 5. The largest absolute Gasteiger partial charge is 0.465 e. The molecule has 0 aromatic rings. The van der Waals surface area contributed by atoms with E-state index >= 15 is 0 Å². The predicted octanol–water partition coefficient (Wildman–Crippen LogP) is 0.472. The maximum absolute atomic E-state index is 10.8. The standard InChI is InChI=1S/C9H14O5S/c1-7-4-9(7,5-13-8(2)10)6-14-15(3,11)12/h1,4-6H2,2-3H3. The summed E-state index contributed by atoms with van der Waals surface area (Å²) in [4.78, 5) is 10.6. The van der Waals surface area contributed by atoms with Crippen molar-refractivity contribution >= 4 is 16.1 Å². The lowest BCUT2D eigenvalue weighted by Gasteiger charge is -2.13. The second-order valence-corrected chi connectivity index (χ2v) is 5.45. The number of esters is 1. The van der Waals surface area contributed by atoms with Crippen molar-refractivity contribution in [2.45, 2.75) is 13.3 Å². The van der Waals surface area contributed by atoms with Crippen LogP contribution in [0.3, 0.4) is 0 Å². The van der Waals surface area contributed by atoms with Gasteiger partial charge in [0.25, 0.3) is 10.1 Å². The molecular weight excluding hydrogens is 220 g/mol. The molecule has 0 aromatic carbocycles. The van der Waals surface area contributed by atoms with Crippen LogP contribution in [0.4, 0.5) is 0 Å². The van der Waals surface area contributed by atoms with E-state index in [0.29, 0.717) is 6.42 Å². The first-order valence-electron chi connectivity index (χ1n) is 4.41. The smallest absolute Gasteiger partial charge is 0.302 e. The molecule has 0 radical (unpaired) electrons. The fourth-order valence-electron chi connectivity index (χ4n) is 1.17. The highest BCUT2D eigenvalue weighted by Gasteiger charge is 2.49. The average Bonchev–Trinajstić information content (AvgIpc) is 2.70. The Morgan fingerprint density at radius 3 is 2.40 bits per heavy atom. The van der Waals surface area contributed by atoms with Gasteiger partial charge in [-0.05, 0) is 6.42 Å². The van der Waals surface area contributed by atoms with Gasteiger partial charge in [0, 0.05) is 6.92 Å². The molecule has 0 aliphatic heterocycles. The van der Waals surface area contributed by atoms with Gasteiger partial charge in [0.2, 0.25) is 0 Å². The predicted molar refractivity (Wildman–Crippen MR) is 53.6 cm³/mol. The highest BCUT2D eigenvalue weighted by molar-refractivity contribution is 7.85. The quantitative estimate of drug-likeness (QED) is 0.393. The van der Waals surface area contributed by atoms with Gasteiger partial charge >= 0.3 is 5.97 Å². The third-order valence-electron chi connectivity index (χ3n) is 2.28. The Kier molecular flexibility index (Phi) is 3.20. The summed E-state index contributed by atoms with van der Waals surface area (Å²) in [7, 11) is -3.46. The molecule has 1 aliphatic rings. The van der Waals surface area contributed by atoms with E-state index < -0.39 is 21.5 Å². The van der Waals surface area contributed by atoms with Crippen LogP contribution in [0, 0.1) is 5.41 Å². The lowest BCUT2D eigenvalue weighted by molar-refractivity contribution is -0.142. The Labute approximate surface area is 89.2 Å². The van der Waals surface area contributed by atoms with Crippen LogP contribution in [0.2, 0.25) is 0 Å². The third-order valence-corrected chi connectivity index (χ3v) is 2.82. The number of carbonyl (C=O) groups excluding carboxylic acids is 1. The van der Waals surface area contributed by atoms with Crippen molar-refractivity contribution in [2.75, 3.05) is 19.5 Å². The molecule has 1 rings (SSSR count). The molecule has 6 heteroatoms. The minimum Gasteiger partial charge on any atom is -0.465 e. The van der Waals surface area contributed by atoms with E-state index in [1.807, 2.05) is 0 Å². The molecule has 0 saturated heterocycles. The van der Waals surface area contributed by atoms with E-state index in [-0.39, 0.29) is 13.2 Å². The van der Waals surface area contributed by atoms with Crippen LogP contribution in [0.1, 0.15) is 13.3 Å². The van der Waals surface area contributed by atoms with E-state index in [9.17, 15) is 13.2 Å². The topological polar surface area (TPSA) is 69.7 Å². The summed E-state index contributed by atoms with van der Waals surface area (Å²) in [5.41, 5.74) is 0.363. The zero-order chi connectivity index (χ0) is 11.7. The third kappa shape index (κ3) is 3.64. The summed E-state index contributed by atoms with van der Waals surface area (Å²) in [6.07, 6.45) is 1.62. The molecular formula is C9H14O5S. The Morgan fingerprint density at radius 1 is 1.53 bits per heavy atom. The van der Waals surface area contributed by atoms with Crippen molar-refractivity contribution in [1.29, 1.82) is 0 Å². The fourth-order valence-corrected chi connectivity index (χ4v) is 1.61. The van der Waals surface area contributed by atoms with Crippen LogP contribution < -0.4 is 0 Å². The molecule has 15 heavy (non-hydrogen) atoms. The second kappa shape index (κ2) is 3.94. The SMILES string of the molecule is C=C1CC1(COC(C)=O)COS(C)(=O)=O. The summed E-state index contributed by atoms with van der Waals surface area (Å²) in [6.45, 7) is 5.17. The minimum absolute atomic E-state index is 0.00204. The zero-order valence-electron chi connectivity index (χ0n) is 8.78. The molecule has 0 spiro atoms. The molecule has 1 unspecified atom stereocenters. The van der Waals surface area contributed by atoms with Crippen LogP contribution in [-0.4, -0.2) is 33.9 Å². The normalized spacial score (nSPS) is 25.1. The van der Waals surface area contributed by atoms with E-state index in [1.165, 1.54) is 6.92 Å². The highest BCUT2D eigenvalue weighted by Crippen LogP contribution is 2.51. The molecule has 5 nitrogen and oxygen atoms in total. The Hall–Kier alpha value is -0.880. The molecule has 1 aliphatic carbocycles. The number of hydrogen-bond donors (Lipinski definition) is 0. The van der Waals surface area contributed by atoms with Gasteiger partial charge in [-0.25, -0.2) is 0 Å². The Balaban J connectivity index is 2.49. The lowest BCUT2D eigenvalue weighted by Crippen LogP contribution is -2.21. The van der Waals surface area contributed by atoms with Gasteiger partial charge in [0.1, 0.15) is 6.61 Å². The lowest BCUT2D eigenvalue weighted by atomic mass is 10.1. The van der Waals surface area contributed by atoms with Crippen LogP contribution in [-0.2, 0) is 23.8 Å². The van der Waals surface area contributed by atoms with Gasteiger partial charge in [0.15, 0.2) is 0 Å². The van der Waals surface area contributed by atoms with Crippen LogP contribution in [0.15, 0.2) is 12.2 Å². The van der Waals surface area contributed by atoms with Crippen molar-refractivity contribution in [3.63, 3.8) is 0 Å². The summed E-state index contributed by atoms with van der Waals surface area (Å²) in [6, 6.07) is 0. The van der Waals surface area contributed by atoms with Crippen LogP contribution in [0.25, 0.3) is 0 Å². The molecule has 0 aromatic heterocycles. The van der Waals surface area contributed by atoms with Gasteiger partial charge in [-0.15, -0.1) is 0 Å². The molecule has 0 heterocycles. The summed E-state index contributed by atoms with van der Waals surface area (Å²) < 4.78 is 31.1. The first-order valence-corrected chi connectivity index (χ1v) is 6.23. The van der Waals surface area contributed by atoms with Gasteiger partial charge in [-0.1, -0.05) is 12.2 Å². The van der Waals surface area contributed by atoms with Crippen molar-refractivity contribution in [3.8, 4) is 0 Å². The van der Waals surface area contributed by atoms with Gasteiger partial charge in [-0.3, -0.25) is 8.98 Å². The Bertz CT molecular complexity index is 383. The number of hydrogen-bond acceptors (Lipinski definition) is 5. The maximum atomic E-state index is 10.8. The van der Waals surface area contributed by atoms with Crippen molar-refractivity contribution < 1.29 is 22.1 Å². The Morgan fingerprint density at radius 2 is 2.07 bits per heavy atom. The van der Waals surface area contributed by atoms with Gasteiger partial charge in [-0.2, -0.15) is 8.42 Å². The van der Waals surface area contributed by atoms with Gasteiger partial charge in [0.05, 0.1) is 18.3 Å². The maximum Gasteiger partial charge on any atom is 0.302 e. The fraction of sp³-hybridized carbons (Fsp3) is 0.667. The van der Waals surface area contributed by atoms with E-state index in [1.54, 1.807) is 0 Å². The first kappa shape index (κ1) is 12.2. The number of carbonyl (C=O) groups is 1. The van der Waals surface area contributed by atoms with Crippen LogP contribution >= 0.6 is 0 Å². The minimum atomic E-state index is -3.46. The second-order valence-electron chi connectivity index (χ2n) is 3.81. The van der Waals surface area contributed by atoms with E-state index in [0.717, 1.165) is 11.8 Å². The molecule has 1 saturated carbocycles. The first-order chi connectivity index (χ1) is 6.75. The van der Waals surface area contributed by atoms with Gasteiger partial charge < -0.3 is 4.74 Å². The van der Waals surface area contributed by atoms with Crippen molar-refractivity contribution in [2.24, 2.45) is 5.41 Å². The van der Waals surface area contributed by atoms with Crippen LogP contribution in [0.5, 0.6) is 0 Å². The van der Waals surface area contributed by atoms with E-state index in [4.69, 9.17) is 4.74 Å². The highest BCUT2D eigenvalue weighted by atomic mass is 32.2. The molecule has 1 fully saturated rings.